The molecule has 158 valence electrons. The van der Waals surface area contributed by atoms with Crippen LogP contribution in [0.1, 0.15) is 30.4 Å². The summed E-state index contributed by atoms with van der Waals surface area (Å²) in [7, 11) is 1.77. The average Bonchev–Trinajstić information content (AvgIpc) is 3.21. The predicted octanol–water partition coefficient (Wildman–Crippen LogP) is 5.11. The van der Waals surface area contributed by atoms with Crippen molar-refractivity contribution in [1.82, 2.24) is 14.9 Å². The van der Waals surface area contributed by atoms with E-state index in [1.165, 1.54) is 12.1 Å². The second-order valence-corrected chi connectivity index (χ2v) is 7.69. The Morgan fingerprint density at radius 3 is 2.67 bits per heavy atom. The Balaban J connectivity index is 0.00000272. The van der Waals surface area contributed by atoms with Gasteiger partial charge in [0.1, 0.15) is 0 Å². The van der Waals surface area contributed by atoms with Gasteiger partial charge in [0.05, 0.1) is 17.6 Å². The summed E-state index contributed by atoms with van der Waals surface area (Å²) in [5.41, 5.74) is 3.80. The number of nitrogens with one attached hydrogen (secondary N) is 1. The minimum atomic E-state index is -4.36. The average molecular weight is 415 g/mol. The van der Waals surface area contributed by atoms with Gasteiger partial charge < -0.3 is 9.88 Å². The number of hydrogen-bond acceptors (Lipinski definition) is 2. The van der Waals surface area contributed by atoms with E-state index in [4.69, 9.17) is 0 Å². The molecule has 1 heterocycles. The van der Waals surface area contributed by atoms with Gasteiger partial charge in [-0.2, -0.15) is 13.2 Å². The SMILES string of the molecule is CN(Cc1ccccc1-c1ccc(C(F)(F)F)cc1)C(=O)C1CCc2nc[nH]c2C1.[HH]. The summed E-state index contributed by atoms with van der Waals surface area (Å²) in [4.78, 5) is 22.1. The first kappa shape index (κ1) is 20.2. The van der Waals surface area contributed by atoms with Gasteiger partial charge >= 0.3 is 6.18 Å². The molecule has 0 spiro atoms. The molecule has 0 saturated carbocycles. The van der Waals surface area contributed by atoms with E-state index in [1.54, 1.807) is 18.3 Å². The minimum Gasteiger partial charge on any atom is -0.348 e. The van der Waals surface area contributed by atoms with Crippen LogP contribution in [0.15, 0.2) is 54.9 Å². The Hall–Kier alpha value is -3.09. The zero-order valence-electron chi connectivity index (χ0n) is 16.5. The zero-order chi connectivity index (χ0) is 21.3. The summed E-state index contributed by atoms with van der Waals surface area (Å²) in [6, 6.07) is 12.6. The van der Waals surface area contributed by atoms with Crippen molar-refractivity contribution < 1.29 is 19.4 Å². The topological polar surface area (TPSA) is 49.0 Å². The third kappa shape index (κ3) is 4.10. The van der Waals surface area contributed by atoms with E-state index in [2.05, 4.69) is 9.97 Å². The first-order chi connectivity index (χ1) is 14.3. The number of carbonyl (C=O) groups excluding carboxylic acids is 1. The number of imidazole rings is 1. The molecule has 1 N–H and O–H groups in total. The fourth-order valence-corrected chi connectivity index (χ4v) is 4.04. The lowest BCUT2D eigenvalue weighted by Gasteiger charge is -2.27. The van der Waals surface area contributed by atoms with Crippen molar-refractivity contribution >= 4 is 5.91 Å². The number of hydrogen-bond donors (Lipinski definition) is 1. The number of benzene rings is 2. The molecule has 4 nitrogen and oxygen atoms in total. The van der Waals surface area contributed by atoms with Gasteiger partial charge in [-0.25, -0.2) is 4.98 Å². The van der Waals surface area contributed by atoms with Gasteiger partial charge in [-0.1, -0.05) is 36.4 Å². The van der Waals surface area contributed by atoms with Crippen LogP contribution in [-0.4, -0.2) is 27.8 Å². The van der Waals surface area contributed by atoms with Crippen molar-refractivity contribution in [3.05, 3.63) is 77.4 Å². The summed E-state index contributed by atoms with van der Waals surface area (Å²) in [5, 5.41) is 0. The van der Waals surface area contributed by atoms with E-state index < -0.39 is 11.7 Å². The maximum atomic E-state index is 13.0. The number of carbonyl (C=O) groups is 1. The van der Waals surface area contributed by atoms with Gasteiger partial charge in [0.25, 0.3) is 0 Å². The maximum Gasteiger partial charge on any atom is 0.416 e. The van der Waals surface area contributed by atoms with Gasteiger partial charge in [-0.3, -0.25) is 4.79 Å². The molecular formula is C23H24F3N3O. The van der Waals surface area contributed by atoms with Crippen LogP contribution in [-0.2, 0) is 30.4 Å². The normalized spacial score (nSPS) is 16.2. The molecule has 4 rings (SSSR count). The van der Waals surface area contributed by atoms with Crippen molar-refractivity contribution in [3.8, 4) is 11.1 Å². The van der Waals surface area contributed by atoms with E-state index in [1.807, 2.05) is 24.3 Å². The Morgan fingerprint density at radius 1 is 1.20 bits per heavy atom. The molecule has 1 atom stereocenters. The van der Waals surface area contributed by atoms with Gasteiger partial charge in [-0.05, 0) is 41.7 Å². The number of alkyl halides is 3. The number of nitrogens with zero attached hydrogens (tertiary/aromatic N) is 2. The van der Waals surface area contributed by atoms with Crippen LogP contribution in [0.4, 0.5) is 13.2 Å². The van der Waals surface area contributed by atoms with Crippen molar-refractivity contribution in [2.75, 3.05) is 7.05 Å². The van der Waals surface area contributed by atoms with Crippen molar-refractivity contribution in [2.24, 2.45) is 5.92 Å². The maximum absolute atomic E-state index is 13.0. The molecule has 1 aromatic heterocycles. The van der Waals surface area contributed by atoms with Crippen LogP contribution >= 0.6 is 0 Å². The fourth-order valence-electron chi connectivity index (χ4n) is 4.04. The van der Waals surface area contributed by atoms with E-state index in [0.717, 1.165) is 47.5 Å². The highest BCUT2D eigenvalue weighted by atomic mass is 19.4. The lowest BCUT2D eigenvalue weighted by Crippen LogP contribution is -2.35. The molecular weight excluding hydrogens is 391 g/mol. The van der Waals surface area contributed by atoms with Crippen LogP contribution in [0.5, 0.6) is 0 Å². The Labute approximate surface area is 174 Å². The predicted molar refractivity (Wildman–Crippen MR) is 110 cm³/mol. The Morgan fingerprint density at radius 2 is 1.93 bits per heavy atom. The van der Waals surface area contributed by atoms with E-state index in [9.17, 15) is 18.0 Å². The molecule has 1 amide bonds. The summed E-state index contributed by atoms with van der Waals surface area (Å²) >= 11 is 0. The molecule has 0 fully saturated rings. The first-order valence-electron chi connectivity index (χ1n) is 9.84. The number of amides is 1. The monoisotopic (exact) mass is 415 g/mol. The minimum absolute atomic E-state index is 0. The van der Waals surface area contributed by atoms with Crippen LogP contribution < -0.4 is 0 Å². The second-order valence-electron chi connectivity index (χ2n) is 7.69. The fraction of sp³-hybridized carbons (Fsp3) is 0.304. The van der Waals surface area contributed by atoms with Crippen molar-refractivity contribution in [1.29, 1.82) is 0 Å². The quantitative estimate of drug-likeness (QED) is 0.644. The molecule has 1 aliphatic carbocycles. The number of aryl methyl sites for hydroxylation is 1. The van der Waals surface area contributed by atoms with E-state index in [0.29, 0.717) is 18.5 Å². The zero-order valence-corrected chi connectivity index (χ0v) is 16.5. The summed E-state index contributed by atoms with van der Waals surface area (Å²) in [5.74, 6) is -0.0290. The number of aromatic amines is 1. The van der Waals surface area contributed by atoms with Crippen LogP contribution in [0, 0.1) is 5.92 Å². The highest BCUT2D eigenvalue weighted by Gasteiger charge is 2.30. The molecule has 3 aromatic rings. The molecule has 1 unspecified atom stereocenters. The van der Waals surface area contributed by atoms with Crippen molar-refractivity contribution in [3.63, 3.8) is 0 Å². The molecule has 1 aliphatic rings. The molecule has 0 radical (unpaired) electrons. The number of fused-ring (bicyclic) bond motifs is 1. The lowest BCUT2D eigenvalue weighted by atomic mass is 9.88. The smallest absolute Gasteiger partial charge is 0.348 e. The van der Waals surface area contributed by atoms with Crippen LogP contribution in [0.25, 0.3) is 11.1 Å². The Bertz CT molecular complexity index is 1050. The molecule has 7 heteroatoms. The van der Waals surface area contributed by atoms with Gasteiger partial charge in [-0.15, -0.1) is 0 Å². The summed E-state index contributed by atoms with van der Waals surface area (Å²) in [6.07, 6.45) is -0.493. The van der Waals surface area contributed by atoms with Gasteiger partial charge in [0.15, 0.2) is 0 Å². The first-order valence-corrected chi connectivity index (χ1v) is 9.84. The highest BCUT2D eigenvalue weighted by Crippen LogP contribution is 2.32. The summed E-state index contributed by atoms with van der Waals surface area (Å²) in [6.45, 7) is 0.391. The third-order valence-electron chi connectivity index (χ3n) is 5.66. The van der Waals surface area contributed by atoms with Crippen LogP contribution in [0.3, 0.4) is 0 Å². The van der Waals surface area contributed by atoms with E-state index >= 15 is 0 Å². The molecule has 2 aromatic carbocycles. The van der Waals surface area contributed by atoms with Crippen LogP contribution in [0.2, 0.25) is 0 Å². The van der Waals surface area contributed by atoms with Crippen molar-refractivity contribution in [2.45, 2.75) is 32.0 Å². The molecule has 30 heavy (non-hydrogen) atoms. The van der Waals surface area contributed by atoms with Gasteiger partial charge in [0.2, 0.25) is 5.91 Å². The number of rotatable bonds is 4. The molecule has 0 saturated heterocycles. The van der Waals surface area contributed by atoms with Gasteiger partial charge in [0, 0.05) is 33.1 Å². The Kier molecular flexibility index (Phi) is 5.37. The van der Waals surface area contributed by atoms with E-state index in [-0.39, 0.29) is 13.3 Å². The number of aromatic nitrogens is 2. The number of halogens is 3. The number of H-pyrrole nitrogens is 1. The third-order valence-corrected chi connectivity index (χ3v) is 5.66. The lowest BCUT2D eigenvalue weighted by molar-refractivity contribution is -0.137. The standard InChI is InChI=1S/C23H22F3N3O.H2/c1-29(22(30)16-8-11-20-21(12-16)28-14-27-20)13-17-4-2-3-5-19(17)15-6-9-18(10-7-15)23(24,25)26;/h2-7,9-10,14,16H,8,11-13H2,1H3,(H,27,28);1H. The summed E-state index contributed by atoms with van der Waals surface area (Å²) < 4.78 is 38.6. The highest BCUT2D eigenvalue weighted by molar-refractivity contribution is 5.79. The molecule has 0 bridgehead atoms. The second kappa shape index (κ2) is 7.97. The molecule has 0 aliphatic heterocycles. The largest absolute Gasteiger partial charge is 0.416 e.